The smallest absolute Gasteiger partial charge is 0.339 e. The monoisotopic (exact) mass is 284 g/mol. The van der Waals surface area contributed by atoms with E-state index in [0.29, 0.717) is 15.8 Å². The lowest BCUT2D eigenvalue weighted by Gasteiger charge is -2.11. The van der Waals surface area contributed by atoms with E-state index >= 15 is 0 Å². The average Bonchev–Trinajstić information content (AvgIpc) is 3.02. The minimum absolute atomic E-state index is 0.117. The quantitative estimate of drug-likeness (QED) is 0.801. The Morgan fingerprint density at radius 2 is 2.12 bits per heavy atom. The maximum Gasteiger partial charge on any atom is 0.339 e. The van der Waals surface area contributed by atoms with Crippen molar-refractivity contribution in [2.75, 3.05) is 7.11 Å². The molecule has 1 fully saturated rings. The van der Waals surface area contributed by atoms with Crippen LogP contribution in [0.3, 0.4) is 0 Å². The number of halogens is 1. The molecule has 3 nitrogen and oxygen atoms in total. The first-order valence-corrected chi connectivity index (χ1v) is 5.97. The molecular formula is C12H13BrO3. The SMILES string of the molecule is COc1c(C)ccc(C(=O)OC2CC2)c1Br. The Balaban J connectivity index is 2.29. The molecule has 4 heteroatoms. The highest BCUT2D eigenvalue weighted by Gasteiger charge is 2.28. The molecule has 0 saturated heterocycles. The van der Waals surface area contributed by atoms with Gasteiger partial charge >= 0.3 is 5.97 Å². The second-order valence-corrected chi connectivity index (χ2v) is 4.67. The minimum Gasteiger partial charge on any atom is -0.495 e. The molecular weight excluding hydrogens is 272 g/mol. The number of aryl methyl sites for hydroxylation is 1. The molecule has 0 amide bonds. The van der Waals surface area contributed by atoms with Crippen molar-refractivity contribution >= 4 is 21.9 Å². The van der Waals surface area contributed by atoms with Crippen LogP contribution in [-0.4, -0.2) is 19.2 Å². The van der Waals surface area contributed by atoms with E-state index in [9.17, 15) is 4.79 Å². The van der Waals surface area contributed by atoms with Crippen molar-refractivity contribution in [2.24, 2.45) is 0 Å². The van der Waals surface area contributed by atoms with Crippen LogP contribution in [0.5, 0.6) is 5.75 Å². The standard InChI is InChI=1S/C12H13BrO3/c1-7-3-6-9(10(13)11(7)15-2)12(14)16-8-4-5-8/h3,6,8H,4-5H2,1-2H3. The van der Waals surface area contributed by atoms with Crippen LogP contribution in [0.4, 0.5) is 0 Å². The van der Waals surface area contributed by atoms with E-state index in [1.54, 1.807) is 13.2 Å². The molecule has 0 spiro atoms. The van der Waals surface area contributed by atoms with Gasteiger partial charge in [-0.1, -0.05) is 6.07 Å². The molecule has 1 aliphatic carbocycles. The predicted octanol–water partition coefficient (Wildman–Crippen LogP) is 3.09. The van der Waals surface area contributed by atoms with Crippen LogP contribution >= 0.6 is 15.9 Å². The van der Waals surface area contributed by atoms with E-state index in [4.69, 9.17) is 9.47 Å². The van der Waals surface area contributed by atoms with E-state index in [1.165, 1.54) is 0 Å². The number of rotatable bonds is 3. The molecule has 0 atom stereocenters. The van der Waals surface area contributed by atoms with E-state index in [2.05, 4.69) is 15.9 Å². The molecule has 0 unspecified atom stereocenters. The van der Waals surface area contributed by atoms with E-state index in [-0.39, 0.29) is 12.1 Å². The molecule has 0 aliphatic heterocycles. The first-order valence-electron chi connectivity index (χ1n) is 5.17. The Morgan fingerprint density at radius 3 is 2.69 bits per heavy atom. The topological polar surface area (TPSA) is 35.5 Å². The van der Waals surface area contributed by atoms with Gasteiger partial charge in [0.2, 0.25) is 0 Å². The summed E-state index contributed by atoms with van der Waals surface area (Å²) in [7, 11) is 1.59. The second-order valence-electron chi connectivity index (χ2n) is 3.88. The highest BCUT2D eigenvalue weighted by molar-refractivity contribution is 9.10. The predicted molar refractivity (Wildman–Crippen MR) is 63.9 cm³/mol. The number of carbonyl (C=O) groups is 1. The van der Waals surface area contributed by atoms with Crippen LogP contribution in [0.25, 0.3) is 0 Å². The summed E-state index contributed by atoms with van der Waals surface area (Å²) in [5.74, 6) is 0.401. The molecule has 1 aromatic carbocycles. The van der Waals surface area contributed by atoms with Gasteiger partial charge in [0, 0.05) is 0 Å². The van der Waals surface area contributed by atoms with Crippen LogP contribution in [0.15, 0.2) is 16.6 Å². The minimum atomic E-state index is -0.285. The van der Waals surface area contributed by atoms with Crippen LogP contribution in [0, 0.1) is 6.92 Å². The van der Waals surface area contributed by atoms with Crippen LogP contribution in [0.2, 0.25) is 0 Å². The van der Waals surface area contributed by atoms with Crippen LogP contribution in [0.1, 0.15) is 28.8 Å². The van der Waals surface area contributed by atoms with Gasteiger partial charge in [0.05, 0.1) is 17.1 Å². The van der Waals surface area contributed by atoms with Crippen molar-refractivity contribution in [1.82, 2.24) is 0 Å². The lowest BCUT2D eigenvalue weighted by molar-refractivity contribution is 0.0471. The van der Waals surface area contributed by atoms with E-state index < -0.39 is 0 Å². The average molecular weight is 285 g/mol. The number of ether oxygens (including phenoxy) is 2. The Morgan fingerprint density at radius 1 is 1.44 bits per heavy atom. The highest BCUT2D eigenvalue weighted by atomic mass is 79.9. The van der Waals surface area contributed by atoms with Gasteiger partial charge < -0.3 is 9.47 Å². The van der Waals surface area contributed by atoms with Gasteiger partial charge in [0.1, 0.15) is 11.9 Å². The normalized spacial score (nSPS) is 14.7. The largest absolute Gasteiger partial charge is 0.495 e. The summed E-state index contributed by atoms with van der Waals surface area (Å²) in [6.45, 7) is 1.93. The Bertz CT molecular complexity index is 425. The van der Waals surface area contributed by atoms with Gasteiger partial charge in [0.25, 0.3) is 0 Å². The molecule has 16 heavy (non-hydrogen) atoms. The van der Waals surface area contributed by atoms with Gasteiger partial charge in [-0.25, -0.2) is 4.79 Å². The highest BCUT2D eigenvalue weighted by Crippen LogP contribution is 2.33. The van der Waals surface area contributed by atoms with Crippen molar-refractivity contribution in [1.29, 1.82) is 0 Å². The summed E-state index contributed by atoms with van der Waals surface area (Å²) in [6.07, 6.45) is 2.07. The Kier molecular flexibility index (Phi) is 3.19. The molecule has 0 N–H and O–H groups in total. The fraction of sp³-hybridized carbons (Fsp3) is 0.417. The molecule has 0 radical (unpaired) electrons. The summed E-state index contributed by atoms with van der Waals surface area (Å²) in [5.41, 5.74) is 1.51. The van der Waals surface area contributed by atoms with Crippen molar-refractivity contribution in [2.45, 2.75) is 25.9 Å². The fourth-order valence-corrected chi connectivity index (χ4v) is 2.23. The molecule has 1 saturated carbocycles. The maximum absolute atomic E-state index is 11.8. The Labute approximate surface area is 103 Å². The summed E-state index contributed by atoms with van der Waals surface area (Å²) in [4.78, 5) is 11.8. The summed E-state index contributed by atoms with van der Waals surface area (Å²) in [5, 5.41) is 0. The molecule has 0 bridgehead atoms. The van der Waals surface area contributed by atoms with Gasteiger partial charge in [-0.2, -0.15) is 0 Å². The number of methoxy groups -OCH3 is 1. The lowest BCUT2D eigenvalue weighted by Crippen LogP contribution is -2.08. The number of esters is 1. The summed E-state index contributed by atoms with van der Waals surface area (Å²) in [6, 6.07) is 3.61. The molecule has 2 rings (SSSR count). The number of benzene rings is 1. The number of hydrogen-bond donors (Lipinski definition) is 0. The van der Waals surface area contributed by atoms with Gasteiger partial charge in [0.15, 0.2) is 0 Å². The lowest BCUT2D eigenvalue weighted by atomic mass is 10.1. The van der Waals surface area contributed by atoms with E-state index in [1.807, 2.05) is 13.0 Å². The zero-order valence-corrected chi connectivity index (χ0v) is 10.8. The molecule has 0 aromatic heterocycles. The third kappa shape index (κ3) is 2.21. The van der Waals surface area contributed by atoms with Gasteiger partial charge in [-0.3, -0.25) is 0 Å². The molecule has 1 aromatic rings. The van der Waals surface area contributed by atoms with Crippen molar-refractivity contribution in [3.05, 3.63) is 27.7 Å². The van der Waals surface area contributed by atoms with Crippen molar-refractivity contribution < 1.29 is 14.3 Å². The molecule has 86 valence electrons. The van der Waals surface area contributed by atoms with Gasteiger partial charge in [-0.15, -0.1) is 0 Å². The van der Waals surface area contributed by atoms with Crippen LogP contribution < -0.4 is 4.74 Å². The summed E-state index contributed by atoms with van der Waals surface area (Å²) < 4.78 is 11.1. The third-order valence-electron chi connectivity index (χ3n) is 2.52. The second kappa shape index (κ2) is 4.45. The van der Waals surface area contributed by atoms with Gasteiger partial charge in [-0.05, 0) is 47.3 Å². The first-order chi connectivity index (χ1) is 7.63. The Hall–Kier alpha value is -1.03. The molecule has 1 aliphatic rings. The van der Waals surface area contributed by atoms with Crippen LogP contribution in [-0.2, 0) is 4.74 Å². The van der Waals surface area contributed by atoms with Crippen molar-refractivity contribution in [3.8, 4) is 5.75 Å². The fourth-order valence-electron chi connectivity index (χ4n) is 1.46. The zero-order chi connectivity index (χ0) is 11.7. The third-order valence-corrected chi connectivity index (χ3v) is 3.30. The summed E-state index contributed by atoms with van der Waals surface area (Å²) >= 11 is 3.38. The number of hydrogen-bond acceptors (Lipinski definition) is 3. The number of carbonyl (C=O) groups excluding carboxylic acids is 1. The molecule has 0 heterocycles. The van der Waals surface area contributed by atoms with E-state index in [0.717, 1.165) is 18.4 Å². The zero-order valence-electron chi connectivity index (χ0n) is 9.25. The van der Waals surface area contributed by atoms with Crippen molar-refractivity contribution in [3.63, 3.8) is 0 Å². The maximum atomic E-state index is 11.8. The first kappa shape index (κ1) is 11.5.